The molecule has 3 nitrogen and oxygen atoms in total. The summed E-state index contributed by atoms with van der Waals surface area (Å²) in [6.07, 6.45) is -0.475. The van der Waals surface area contributed by atoms with Crippen molar-refractivity contribution < 1.29 is 9.84 Å². The fourth-order valence-corrected chi connectivity index (χ4v) is 2.19. The van der Waals surface area contributed by atoms with Crippen molar-refractivity contribution >= 4 is 11.3 Å². The number of aliphatic hydroxyl groups excluding tert-OH is 1. The van der Waals surface area contributed by atoms with Crippen molar-refractivity contribution in [2.45, 2.75) is 20.0 Å². The lowest BCUT2D eigenvalue weighted by atomic mass is 10.3. The van der Waals surface area contributed by atoms with Crippen LogP contribution < -0.4 is 0 Å². The van der Waals surface area contributed by atoms with Gasteiger partial charge in [0.25, 0.3) is 0 Å². The van der Waals surface area contributed by atoms with Gasteiger partial charge in [0, 0.05) is 11.4 Å². The number of ether oxygens (including phenoxy) is 1. The molecule has 0 saturated heterocycles. The van der Waals surface area contributed by atoms with Crippen molar-refractivity contribution in [2.24, 2.45) is 0 Å². The summed E-state index contributed by atoms with van der Waals surface area (Å²) in [5.41, 5.74) is 0. The van der Waals surface area contributed by atoms with Crippen LogP contribution in [0.1, 0.15) is 24.8 Å². The Labute approximate surface area is 102 Å². The Kier molecular flexibility index (Phi) is 6.64. The van der Waals surface area contributed by atoms with Gasteiger partial charge in [0.1, 0.15) is 6.10 Å². The largest absolute Gasteiger partial charge is 0.385 e. The third kappa shape index (κ3) is 4.61. The van der Waals surface area contributed by atoms with E-state index in [2.05, 4.69) is 18.7 Å². The van der Waals surface area contributed by atoms with E-state index < -0.39 is 6.10 Å². The fourth-order valence-electron chi connectivity index (χ4n) is 1.49. The van der Waals surface area contributed by atoms with E-state index in [1.165, 1.54) is 0 Å². The zero-order chi connectivity index (χ0) is 11.8. The number of likely N-dealkylation sites (N-methyl/N-ethyl adjacent to an activating group) is 1. The van der Waals surface area contributed by atoms with Crippen LogP contribution in [0.5, 0.6) is 0 Å². The summed E-state index contributed by atoms with van der Waals surface area (Å²) in [6, 6.07) is 3.88. The van der Waals surface area contributed by atoms with E-state index in [4.69, 9.17) is 4.74 Å². The topological polar surface area (TPSA) is 32.7 Å². The van der Waals surface area contributed by atoms with Crippen LogP contribution in [0.2, 0.25) is 0 Å². The molecule has 0 saturated carbocycles. The van der Waals surface area contributed by atoms with Gasteiger partial charge in [-0.2, -0.15) is 0 Å². The van der Waals surface area contributed by atoms with Crippen LogP contribution in [-0.4, -0.2) is 42.9 Å². The van der Waals surface area contributed by atoms with Crippen molar-refractivity contribution in [3.63, 3.8) is 0 Å². The predicted octanol–water partition coefficient (Wildman–Crippen LogP) is 2.14. The number of hydrogen-bond acceptors (Lipinski definition) is 4. The summed E-state index contributed by atoms with van der Waals surface area (Å²) in [7, 11) is 0. The van der Waals surface area contributed by atoms with Crippen molar-refractivity contribution in [1.82, 2.24) is 4.90 Å². The van der Waals surface area contributed by atoms with Gasteiger partial charge in [0.05, 0.1) is 13.2 Å². The number of thiophene rings is 1. The third-order valence-electron chi connectivity index (χ3n) is 2.59. The Bertz CT molecular complexity index is 260. The highest BCUT2D eigenvalue weighted by atomic mass is 32.1. The highest BCUT2D eigenvalue weighted by molar-refractivity contribution is 7.10. The Hall–Kier alpha value is -0.420. The van der Waals surface area contributed by atoms with Gasteiger partial charge in [-0.3, -0.25) is 0 Å². The van der Waals surface area contributed by atoms with Gasteiger partial charge in [-0.1, -0.05) is 19.9 Å². The van der Waals surface area contributed by atoms with E-state index in [0.29, 0.717) is 13.2 Å². The molecule has 0 spiro atoms. The first-order valence-corrected chi connectivity index (χ1v) is 6.67. The Morgan fingerprint density at radius 2 is 2.19 bits per heavy atom. The molecule has 0 aliphatic heterocycles. The smallest absolute Gasteiger partial charge is 0.111 e. The van der Waals surface area contributed by atoms with Gasteiger partial charge in [0.2, 0.25) is 0 Å². The molecule has 4 heteroatoms. The molecule has 0 aliphatic rings. The SMILES string of the molecule is CCN(CC)CCOCC(O)c1cccs1. The average molecular weight is 243 g/mol. The second-order valence-corrected chi connectivity index (χ2v) is 4.61. The Morgan fingerprint density at radius 3 is 2.75 bits per heavy atom. The molecule has 0 radical (unpaired) electrons. The summed E-state index contributed by atoms with van der Waals surface area (Å²) in [6.45, 7) is 8.39. The predicted molar refractivity (Wildman–Crippen MR) is 67.9 cm³/mol. The molecule has 1 unspecified atom stereocenters. The lowest BCUT2D eigenvalue weighted by Gasteiger charge is -2.18. The van der Waals surface area contributed by atoms with Gasteiger partial charge < -0.3 is 14.7 Å². The van der Waals surface area contributed by atoms with Crippen LogP contribution in [0.3, 0.4) is 0 Å². The average Bonchev–Trinajstić information content (AvgIpc) is 2.82. The molecular weight excluding hydrogens is 222 g/mol. The molecule has 0 bridgehead atoms. The summed E-state index contributed by atoms with van der Waals surface area (Å²) in [4.78, 5) is 3.28. The first kappa shape index (κ1) is 13.6. The molecule has 0 amide bonds. The maximum Gasteiger partial charge on any atom is 0.111 e. The van der Waals surface area contributed by atoms with Crippen LogP contribution in [-0.2, 0) is 4.74 Å². The van der Waals surface area contributed by atoms with Crippen LogP contribution in [0.15, 0.2) is 17.5 Å². The Balaban J connectivity index is 2.11. The molecule has 92 valence electrons. The first-order valence-electron chi connectivity index (χ1n) is 5.79. The second-order valence-electron chi connectivity index (χ2n) is 3.63. The zero-order valence-electron chi connectivity index (χ0n) is 10.1. The van der Waals surface area contributed by atoms with Crippen LogP contribution in [0.25, 0.3) is 0 Å². The lowest BCUT2D eigenvalue weighted by molar-refractivity contribution is 0.0290. The molecule has 1 N–H and O–H groups in total. The van der Waals surface area contributed by atoms with E-state index in [1.807, 2.05) is 17.5 Å². The molecule has 0 aromatic carbocycles. The fraction of sp³-hybridized carbons (Fsp3) is 0.667. The van der Waals surface area contributed by atoms with E-state index in [9.17, 15) is 5.11 Å². The first-order chi connectivity index (χ1) is 7.77. The summed E-state index contributed by atoms with van der Waals surface area (Å²) in [5.74, 6) is 0. The van der Waals surface area contributed by atoms with Crippen LogP contribution in [0.4, 0.5) is 0 Å². The highest BCUT2D eigenvalue weighted by Crippen LogP contribution is 2.18. The molecule has 1 rings (SSSR count). The monoisotopic (exact) mass is 243 g/mol. The molecular formula is C12H21NO2S. The van der Waals surface area contributed by atoms with Crippen molar-refractivity contribution in [1.29, 1.82) is 0 Å². The van der Waals surface area contributed by atoms with Crippen LogP contribution >= 0.6 is 11.3 Å². The number of hydrogen-bond donors (Lipinski definition) is 1. The van der Waals surface area contributed by atoms with Crippen molar-refractivity contribution in [3.05, 3.63) is 22.4 Å². The summed E-state index contributed by atoms with van der Waals surface area (Å²) >= 11 is 1.56. The van der Waals surface area contributed by atoms with E-state index in [1.54, 1.807) is 11.3 Å². The Morgan fingerprint density at radius 1 is 1.44 bits per heavy atom. The van der Waals surface area contributed by atoms with Gasteiger partial charge in [-0.05, 0) is 24.5 Å². The maximum atomic E-state index is 9.76. The summed E-state index contributed by atoms with van der Waals surface area (Å²) < 4.78 is 5.47. The minimum atomic E-state index is -0.475. The molecule has 1 heterocycles. The third-order valence-corrected chi connectivity index (χ3v) is 3.57. The van der Waals surface area contributed by atoms with Gasteiger partial charge in [-0.25, -0.2) is 0 Å². The minimum absolute atomic E-state index is 0.391. The quantitative estimate of drug-likeness (QED) is 0.710. The number of nitrogens with zero attached hydrogens (tertiary/aromatic N) is 1. The molecule has 1 aromatic heterocycles. The molecule has 16 heavy (non-hydrogen) atoms. The number of aliphatic hydroxyl groups is 1. The minimum Gasteiger partial charge on any atom is -0.385 e. The lowest BCUT2D eigenvalue weighted by Crippen LogP contribution is -2.27. The van der Waals surface area contributed by atoms with Crippen LogP contribution in [0, 0.1) is 0 Å². The van der Waals surface area contributed by atoms with Crippen molar-refractivity contribution in [2.75, 3.05) is 32.8 Å². The number of rotatable bonds is 8. The van der Waals surface area contributed by atoms with E-state index in [-0.39, 0.29) is 0 Å². The van der Waals surface area contributed by atoms with Gasteiger partial charge in [-0.15, -0.1) is 11.3 Å². The molecule has 1 atom stereocenters. The van der Waals surface area contributed by atoms with E-state index in [0.717, 1.165) is 24.5 Å². The van der Waals surface area contributed by atoms with Gasteiger partial charge in [0.15, 0.2) is 0 Å². The molecule has 0 fully saturated rings. The zero-order valence-corrected chi connectivity index (χ0v) is 10.9. The van der Waals surface area contributed by atoms with Gasteiger partial charge >= 0.3 is 0 Å². The summed E-state index contributed by atoms with van der Waals surface area (Å²) in [5, 5.41) is 11.7. The van der Waals surface area contributed by atoms with Crippen molar-refractivity contribution in [3.8, 4) is 0 Å². The molecule has 0 aliphatic carbocycles. The standard InChI is InChI=1S/C12H21NO2S/c1-3-13(4-2)7-8-15-10-11(14)12-6-5-9-16-12/h5-6,9,11,14H,3-4,7-8,10H2,1-2H3. The van der Waals surface area contributed by atoms with E-state index >= 15 is 0 Å². The normalized spacial score (nSPS) is 13.2. The maximum absolute atomic E-state index is 9.76. The molecule has 1 aromatic rings. The highest BCUT2D eigenvalue weighted by Gasteiger charge is 2.08. The second kappa shape index (κ2) is 7.79.